The highest BCUT2D eigenvalue weighted by Crippen LogP contribution is 2.31. The number of aromatic nitrogens is 1. The van der Waals surface area contributed by atoms with Gasteiger partial charge in [-0.1, -0.05) is 15.9 Å². The number of nitrogens with two attached hydrogens (primary N) is 1. The predicted octanol–water partition coefficient (Wildman–Crippen LogP) is 2.98. The van der Waals surface area contributed by atoms with Crippen LogP contribution in [0.2, 0.25) is 0 Å². The van der Waals surface area contributed by atoms with Crippen LogP contribution in [0.25, 0.3) is 0 Å². The molecule has 2 aromatic rings. The molecular weight excluding hydrogens is 422 g/mol. The molecule has 0 unspecified atom stereocenters. The Morgan fingerprint density at radius 2 is 2.05 bits per heavy atom. The van der Waals surface area contributed by atoms with Crippen molar-refractivity contribution in [3.8, 4) is 0 Å². The molecule has 8 heteroatoms. The van der Waals surface area contributed by atoms with Gasteiger partial charge >= 0.3 is 0 Å². The number of nitrogens with one attached hydrogen (secondary N) is 1. The first kappa shape index (κ1) is 16.4. The fourth-order valence-corrected chi connectivity index (χ4v) is 4.86. The van der Waals surface area contributed by atoms with Gasteiger partial charge in [-0.15, -0.1) is 0 Å². The number of anilines is 1. The van der Waals surface area contributed by atoms with Gasteiger partial charge < -0.3 is 5.73 Å². The van der Waals surface area contributed by atoms with Gasteiger partial charge in [-0.05, 0) is 52.2 Å². The van der Waals surface area contributed by atoms with Gasteiger partial charge in [0.15, 0.2) is 0 Å². The second kappa shape index (κ2) is 6.43. The normalized spacial score (nSPS) is 11.6. The third-order valence-electron chi connectivity index (χ3n) is 2.91. The lowest BCUT2D eigenvalue weighted by atomic mass is 10.2. The van der Waals surface area contributed by atoms with E-state index in [9.17, 15) is 8.42 Å². The minimum Gasteiger partial charge on any atom is -0.398 e. The first-order valence-electron chi connectivity index (χ1n) is 5.95. The van der Waals surface area contributed by atoms with Gasteiger partial charge in [-0.25, -0.2) is 13.1 Å². The average molecular weight is 435 g/mol. The molecule has 0 amide bonds. The van der Waals surface area contributed by atoms with Crippen molar-refractivity contribution in [3.63, 3.8) is 0 Å². The molecule has 0 aliphatic heterocycles. The van der Waals surface area contributed by atoms with Gasteiger partial charge in [-0.2, -0.15) is 0 Å². The Balaban J connectivity index is 2.30. The van der Waals surface area contributed by atoms with Gasteiger partial charge in [0.05, 0.1) is 5.69 Å². The van der Waals surface area contributed by atoms with E-state index in [4.69, 9.17) is 5.73 Å². The van der Waals surface area contributed by atoms with Crippen molar-refractivity contribution in [3.05, 3.63) is 50.7 Å². The Labute approximate surface area is 140 Å². The molecule has 0 atom stereocenters. The molecule has 0 fully saturated rings. The SMILES string of the molecule is Cc1ccncc1CNS(=O)(=O)c1c(N)cc(Br)cc1Br. The number of sulfonamides is 1. The summed E-state index contributed by atoms with van der Waals surface area (Å²) in [6.07, 6.45) is 3.30. The third-order valence-corrected chi connectivity index (χ3v) is 5.77. The van der Waals surface area contributed by atoms with Crippen molar-refractivity contribution < 1.29 is 8.42 Å². The van der Waals surface area contributed by atoms with E-state index >= 15 is 0 Å². The van der Waals surface area contributed by atoms with E-state index < -0.39 is 10.0 Å². The summed E-state index contributed by atoms with van der Waals surface area (Å²) in [5, 5.41) is 0. The molecule has 2 rings (SSSR count). The highest BCUT2D eigenvalue weighted by Gasteiger charge is 2.21. The zero-order valence-corrected chi connectivity index (χ0v) is 15.1. The van der Waals surface area contributed by atoms with Crippen molar-refractivity contribution >= 4 is 47.6 Å². The van der Waals surface area contributed by atoms with Gasteiger partial charge in [-0.3, -0.25) is 4.98 Å². The molecule has 3 N–H and O–H groups in total. The molecule has 1 aromatic heterocycles. The molecule has 0 aliphatic rings. The number of nitrogens with zero attached hydrogens (tertiary/aromatic N) is 1. The number of rotatable bonds is 4. The molecule has 0 saturated carbocycles. The Hall–Kier alpha value is -0.960. The van der Waals surface area contributed by atoms with Crippen LogP contribution in [0.5, 0.6) is 0 Å². The zero-order chi connectivity index (χ0) is 15.6. The van der Waals surface area contributed by atoms with Crippen LogP contribution in [0.4, 0.5) is 5.69 Å². The summed E-state index contributed by atoms with van der Waals surface area (Å²) >= 11 is 6.50. The van der Waals surface area contributed by atoms with Gasteiger partial charge in [0.25, 0.3) is 0 Å². The first-order valence-corrected chi connectivity index (χ1v) is 9.02. The Morgan fingerprint density at radius 3 is 2.67 bits per heavy atom. The highest BCUT2D eigenvalue weighted by molar-refractivity contribution is 9.11. The van der Waals surface area contributed by atoms with Gasteiger partial charge in [0.2, 0.25) is 10.0 Å². The van der Waals surface area contributed by atoms with Crippen LogP contribution in [-0.2, 0) is 16.6 Å². The maximum Gasteiger partial charge on any atom is 0.244 e. The summed E-state index contributed by atoms with van der Waals surface area (Å²) in [5.41, 5.74) is 7.77. The third kappa shape index (κ3) is 3.82. The number of nitrogen functional groups attached to an aromatic ring is 1. The quantitative estimate of drug-likeness (QED) is 0.724. The fourth-order valence-electron chi connectivity index (χ4n) is 1.79. The van der Waals surface area contributed by atoms with E-state index in [0.717, 1.165) is 11.1 Å². The van der Waals surface area contributed by atoms with Crippen LogP contribution < -0.4 is 10.5 Å². The second-order valence-corrected chi connectivity index (χ2v) is 7.91. The summed E-state index contributed by atoms with van der Waals surface area (Å²) in [6.45, 7) is 2.05. The van der Waals surface area contributed by atoms with Crippen molar-refractivity contribution in [1.29, 1.82) is 0 Å². The fraction of sp³-hybridized carbons (Fsp3) is 0.154. The van der Waals surface area contributed by atoms with E-state index in [0.29, 0.717) is 8.95 Å². The number of benzene rings is 1. The predicted molar refractivity (Wildman–Crippen MR) is 89.3 cm³/mol. The topological polar surface area (TPSA) is 85.1 Å². The summed E-state index contributed by atoms with van der Waals surface area (Å²) in [6, 6.07) is 5.02. The lowest BCUT2D eigenvalue weighted by Crippen LogP contribution is -2.25. The van der Waals surface area contributed by atoms with E-state index in [-0.39, 0.29) is 17.1 Å². The largest absolute Gasteiger partial charge is 0.398 e. The van der Waals surface area contributed by atoms with Crippen LogP contribution in [0.3, 0.4) is 0 Å². The second-order valence-electron chi connectivity index (χ2n) is 4.43. The summed E-state index contributed by atoms with van der Waals surface area (Å²) < 4.78 is 28.5. The minimum atomic E-state index is -3.72. The minimum absolute atomic E-state index is 0.0345. The molecule has 0 aliphatic carbocycles. The maximum atomic E-state index is 12.4. The van der Waals surface area contributed by atoms with Crippen LogP contribution in [0.15, 0.2) is 44.4 Å². The summed E-state index contributed by atoms with van der Waals surface area (Å²) in [4.78, 5) is 4.03. The zero-order valence-electron chi connectivity index (χ0n) is 11.1. The molecule has 112 valence electrons. The summed E-state index contributed by atoms with van der Waals surface area (Å²) in [7, 11) is -3.72. The standard InChI is InChI=1S/C13H13Br2N3O2S/c1-8-2-3-17-6-9(8)7-18-21(19,20)13-11(15)4-10(14)5-12(13)16/h2-6,18H,7,16H2,1H3. The molecule has 21 heavy (non-hydrogen) atoms. The van der Waals surface area contributed by atoms with Crippen molar-refractivity contribution in [2.45, 2.75) is 18.4 Å². The maximum absolute atomic E-state index is 12.4. The van der Waals surface area contributed by atoms with Crippen LogP contribution in [-0.4, -0.2) is 13.4 Å². The van der Waals surface area contributed by atoms with Crippen LogP contribution in [0.1, 0.15) is 11.1 Å². The first-order chi connectivity index (χ1) is 9.81. The van der Waals surface area contributed by atoms with Gasteiger partial charge in [0.1, 0.15) is 4.90 Å². The van der Waals surface area contributed by atoms with Crippen LogP contribution >= 0.6 is 31.9 Å². The monoisotopic (exact) mass is 433 g/mol. The molecule has 5 nitrogen and oxygen atoms in total. The van der Waals surface area contributed by atoms with E-state index in [1.807, 2.05) is 13.0 Å². The highest BCUT2D eigenvalue weighted by atomic mass is 79.9. The lowest BCUT2D eigenvalue weighted by Gasteiger charge is -2.12. The lowest BCUT2D eigenvalue weighted by molar-refractivity contribution is 0.581. The Bertz CT molecular complexity index is 756. The number of halogens is 2. The van der Waals surface area contributed by atoms with Crippen molar-refractivity contribution in [2.24, 2.45) is 0 Å². The summed E-state index contributed by atoms with van der Waals surface area (Å²) in [5.74, 6) is 0. The smallest absolute Gasteiger partial charge is 0.244 e. The molecule has 0 bridgehead atoms. The van der Waals surface area contributed by atoms with Crippen molar-refractivity contribution in [1.82, 2.24) is 9.71 Å². The molecule has 0 spiro atoms. The Morgan fingerprint density at radius 1 is 1.33 bits per heavy atom. The van der Waals surface area contributed by atoms with Gasteiger partial charge in [0, 0.05) is 27.9 Å². The average Bonchev–Trinajstić information content (AvgIpc) is 2.36. The molecule has 0 radical (unpaired) electrons. The van der Waals surface area contributed by atoms with Crippen molar-refractivity contribution in [2.75, 3.05) is 5.73 Å². The number of pyridine rings is 1. The number of hydrogen-bond donors (Lipinski definition) is 2. The molecule has 1 heterocycles. The van der Waals surface area contributed by atoms with E-state index in [1.54, 1.807) is 24.5 Å². The van der Waals surface area contributed by atoms with E-state index in [1.165, 1.54) is 0 Å². The number of hydrogen-bond acceptors (Lipinski definition) is 4. The molecule has 0 saturated heterocycles. The molecule has 1 aromatic carbocycles. The molecular formula is C13H13Br2N3O2S. The Kier molecular flexibility index (Phi) is 5.03. The number of aryl methyl sites for hydroxylation is 1. The van der Waals surface area contributed by atoms with Crippen LogP contribution in [0, 0.1) is 6.92 Å². The van der Waals surface area contributed by atoms with E-state index in [2.05, 4.69) is 41.6 Å².